The van der Waals surface area contributed by atoms with Crippen LogP contribution in [0.2, 0.25) is 0 Å². The molecule has 0 aromatic carbocycles. The van der Waals surface area contributed by atoms with Gasteiger partial charge in [0.05, 0.1) is 18.3 Å². The quantitative estimate of drug-likeness (QED) is 0.623. The van der Waals surface area contributed by atoms with Gasteiger partial charge in [-0.05, 0) is 25.8 Å². The Hall–Kier alpha value is -1.41. The molecule has 0 radical (unpaired) electrons. The lowest BCUT2D eigenvalue weighted by Crippen LogP contribution is -2.27. The van der Waals surface area contributed by atoms with E-state index in [2.05, 4.69) is 25.5 Å². The van der Waals surface area contributed by atoms with Crippen molar-refractivity contribution in [3.8, 4) is 10.4 Å². The third-order valence-corrected chi connectivity index (χ3v) is 5.60. The minimum absolute atomic E-state index is 0. The van der Waals surface area contributed by atoms with Crippen molar-refractivity contribution in [2.75, 3.05) is 0 Å². The molecule has 3 heterocycles. The van der Waals surface area contributed by atoms with Crippen molar-refractivity contribution in [1.29, 1.82) is 0 Å². The zero-order valence-electron chi connectivity index (χ0n) is 13.8. The van der Waals surface area contributed by atoms with E-state index >= 15 is 0 Å². The van der Waals surface area contributed by atoms with Crippen molar-refractivity contribution in [2.24, 2.45) is 0 Å². The number of H-pyrrole nitrogens is 2. The first-order valence-corrected chi connectivity index (χ1v) is 8.79. The molecule has 0 saturated heterocycles. The van der Waals surface area contributed by atoms with Crippen molar-refractivity contribution in [2.45, 2.75) is 45.2 Å². The largest absolute Gasteiger partial charge is 0.308 e. The first kappa shape index (κ1) is 19.9. The first-order chi connectivity index (χ1) is 11.2. The van der Waals surface area contributed by atoms with E-state index in [1.54, 1.807) is 6.20 Å². The number of nitrogens with zero attached hydrogens (tertiary/aromatic N) is 2. The molecule has 0 unspecified atom stereocenters. The Kier molecular flexibility index (Phi) is 6.62. The van der Waals surface area contributed by atoms with Crippen LogP contribution < -0.4 is 10.9 Å². The van der Waals surface area contributed by atoms with Gasteiger partial charge in [0.25, 0.3) is 5.56 Å². The summed E-state index contributed by atoms with van der Waals surface area (Å²) in [5.41, 5.74) is 2.72. The van der Waals surface area contributed by atoms with E-state index in [0.29, 0.717) is 23.1 Å². The highest BCUT2D eigenvalue weighted by atomic mass is 35.5. The van der Waals surface area contributed by atoms with E-state index in [1.807, 2.05) is 13.0 Å². The van der Waals surface area contributed by atoms with Crippen LogP contribution in [0.25, 0.3) is 20.7 Å². The van der Waals surface area contributed by atoms with Gasteiger partial charge in [-0.2, -0.15) is 5.10 Å². The monoisotopic (exact) mass is 401 g/mol. The maximum absolute atomic E-state index is 12.3. The number of rotatable bonds is 4. The second kappa shape index (κ2) is 8.31. The molecule has 0 bridgehead atoms. The summed E-state index contributed by atoms with van der Waals surface area (Å²) >= 11 is 1.46. The smallest absolute Gasteiger partial charge is 0.268 e. The molecule has 0 atom stereocenters. The molecule has 6 nitrogen and oxygen atoms in total. The number of aryl methyl sites for hydroxylation is 1. The van der Waals surface area contributed by atoms with Gasteiger partial charge in [0.15, 0.2) is 0 Å². The van der Waals surface area contributed by atoms with Crippen LogP contribution in [0, 0.1) is 6.92 Å². The predicted octanol–water partition coefficient (Wildman–Crippen LogP) is 3.56. The molecule has 1 fully saturated rings. The van der Waals surface area contributed by atoms with Crippen LogP contribution in [0.1, 0.15) is 37.2 Å². The number of hydrogen-bond donors (Lipinski definition) is 3. The van der Waals surface area contributed by atoms with Crippen LogP contribution in [0.15, 0.2) is 17.1 Å². The third kappa shape index (κ3) is 4.06. The average Bonchev–Trinajstić information content (AvgIpc) is 3.24. The Balaban J connectivity index is 0.00000113. The predicted molar refractivity (Wildman–Crippen MR) is 106 cm³/mol. The van der Waals surface area contributed by atoms with Crippen molar-refractivity contribution in [3.05, 3.63) is 34.1 Å². The summed E-state index contributed by atoms with van der Waals surface area (Å²) < 4.78 is 0.671. The third-order valence-electron chi connectivity index (χ3n) is 4.44. The highest BCUT2D eigenvalue weighted by molar-refractivity contribution is 7.22. The normalized spacial score (nSPS) is 14.4. The van der Waals surface area contributed by atoms with Crippen molar-refractivity contribution in [3.63, 3.8) is 0 Å². The van der Waals surface area contributed by atoms with Crippen molar-refractivity contribution >= 4 is 46.4 Å². The molecule has 136 valence electrons. The highest BCUT2D eigenvalue weighted by Gasteiger charge is 2.16. The molecule has 25 heavy (non-hydrogen) atoms. The van der Waals surface area contributed by atoms with Gasteiger partial charge in [0, 0.05) is 22.2 Å². The van der Waals surface area contributed by atoms with Gasteiger partial charge < -0.3 is 10.3 Å². The maximum atomic E-state index is 12.3. The average molecular weight is 402 g/mol. The van der Waals surface area contributed by atoms with Gasteiger partial charge in [0.1, 0.15) is 10.5 Å². The number of aromatic amines is 2. The maximum Gasteiger partial charge on any atom is 0.268 e. The van der Waals surface area contributed by atoms with Gasteiger partial charge in [-0.15, -0.1) is 36.2 Å². The molecule has 1 aliphatic rings. The fraction of sp³-hybridized carbons (Fsp3) is 0.438. The zero-order chi connectivity index (χ0) is 15.8. The Bertz CT molecular complexity index is 897. The Labute approximate surface area is 161 Å². The van der Waals surface area contributed by atoms with E-state index in [-0.39, 0.29) is 30.4 Å². The van der Waals surface area contributed by atoms with Crippen molar-refractivity contribution < 1.29 is 0 Å². The molecular weight excluding hydrogens is 381 g/mol. The van der Waals surface area contributed by atoms with Crippen LogP contribution in [0.5, 0.6) is 0 Å². The van der Waals surface area contributed by atoms with Gasteiger partial charge in [-0.1, -0.05) is 12.8 Å². The number of hydrogen-bond acceptors (Lipinski definition) is 5. The molecule has 3 aromatic heterocycles. The molecule has 1 aliphatic carbocycles. The lowest BCUT2D eigenvalue weighted by atomic mass is 10.2. The zero-order valence-corrected chi connectivity index (χ0v) is 16.2. The molecule has 0 aliphatic heterocycles. The fourth-order valence-electron chi connectivity index (χ4n) is 3.17. The minimum Gasteiger partial charge on any atom is -0.308 e. The molecule has 3 aromatic rings. The SMILES string of the molecule is Cc1[nH]ncc1-c1cc2nc(CNC3CCCC3)[nH]c(=O)c2s1.Cl.Cl. The van der Waals surface area contributed by atoms with Gasteiger partial charge >= 0.3 is 0 Å². The molecule has 4 rings (SSSR count). The van der Waals surface area contributed by atoms with Crippen LogP contribution in [-0.4, -0.2) is 26.2 Å². The lowest BCUT2D eigenvalue weighted by molar-refractivity contribution is 0.514. The van der Waals surface area contributed by atoms with E-state index in [4.69, 9.17) is 0 Å². The topological polar surface area (TPSA) is 86.5 Å². The number of fused-ring (bicyclic) bond motifs is 1. The van der Waals surface area contributed by atoms with Crippen molar-refractivity contribution in [1.82, 2.24) is 25.5 Å². The molecule has 0 spiro atoms. The second-order valence-electron chi connectivity index (χ2n) is 6.11. The Morgan fingerprint density at radius 1 is 1.32 bits per heavy atom. The highest BCUT2D eigenvalue weighted by Crippen LogP contribution is 2.31. The standard InChI is InChI=1S/C16H19N5OS.2ClH/c1-9-11(7-18-21-9)13-6-12-15(23-13)16(22)20-14(19-12)8-17-10-4-2-3-5-10;;/h6-7,10,17H,2-5,8H2,1H3,(H,18,21)(H,19,20,22);2*1H. The molecular formula is C16H21Cl2N5OS. The molecule has 9 heteroatoms. The minimum atomic E-state index is -0.0596. The number of aromatic nitrogens is 4. The first-order valence-electron chi connectivity index (χ1n) is 7.97. The van der Waals surface area contributed by atoms with Crippen LogP contribution in [0.4, 0.5) is 0 Å². The van der Waals surface area contributed by atoms with Gasteiger partial charge in [-0.3, -0.25) is 9.89 Å². The Morgan fingerprint density at radius 3 is 2.76 bits per heavy atom. The summed E-state index contributed by atoms with van der Waals surface area (Å²) in [6, 6.07) is 2.54. The lowest BCUT2D eigenvalue weighted by Gasteiger charge is -2.10. The number of thiophene rings is 1. The summed E-state index contributed by atoms with van der Waals surface area (Å²) in [4.78, 5) is 20.9. The summed E-state index contributed by atoms with van der Waals surface area (Å²) in [6.07, 6.45) is 6.80. The van der Waals surface area contributed by atoms with Gasteiger partial charge in [-0.25, -0.2) is 4.98 Å². The van der Waals surface area contributed by atoms with Gasteiger partial charge in [0.2, 0.25) is 0 Å². The van der Waals surface area contributed by atoms with E-state index < -0.39 is 0 Å². The Morgan fingerprint density at radius 2 is 2.08 bits per heavy atom. The number of halogens is 2. The summed E-state index contributed by atoms with van der Waals surface area (Å²) in [7, 11) is 0. The van der Waals surface area contributed by atoms with E-state index in [1.165, 1.54) is 37.0 Å². The second-order valence-corrected chi connectivity index (χ2v) is 7.16. The molecule has 1 saturated carbocycles. The van der Waals surface area contributed by atoms with Crippen LogP contribution in [-0.2, 0) is 6.54 Å². The molecule has 0 amide bonds. The summed E-state index contributed by atoms with van der Waals surface area (Å²) in [5, 5.41) is 10.5. The van der Waals surface area contributed by atoms with Crippen LogP contribution >= 0.6 is 36.2 Å². The molecule has 3 N–H and O–H groups in total. The number of nitrogens with one attached hydrogen (secondary N) is 3. The fourth-order valence-corrected chi connectivity index (χ4v) is 4.23. The van der Waals surface area contributed by atoms with E-state index in [9.17, 15) is 4.79 Å². The summed E-state index contributed by atoms with van der Waals surface area (Å²) in [6.45, 7) is 2.59. The van der Waals surface area contributed by atoms with Crippen LogP contribution in [0.3, 0.4) is 0 Å². The van der Waals surface area contributed by atoms with E-state index in [0.717, 1.165) is 21.7 Å². The summed E-state index contributed by atoms with van der Waals surface area (Å²) in [5.74, 6) is 0.711.